The number of carbonyl (C=O) groups excluding carboxylic acids is 1. The highest BCUT2D eigenvalue weighted by Crippen LogP contribution is 2.21. The van der Waals surface area contributed by atoms with Crippen LogP contribution in [0.1, 0.15) is 51.0 Å². The van der Waals surface area contributed by atoms with Crippen LogP contribution in [0.2, 0.25) is 0 Å². The molecule has 1 fully saturated rings. The third-order valence-corrected chi connectivity index (χ3v) is 4.16. The van der Waals surface area contributed by atoms with Gasteiger partial charge >= 0.3 is 5.97 Å². The molecule has 5 nitrogen and oxygen atoms in total. The third-order valence-electron chi connectivity index (χ3n) is 4.16. The van der Waals surface area contributed by atoms with E-state index in [9.17, 15) is 9.18 Å². The summed E-state index contributed by atoms with van der Waals surface area (Å²) < 4.78 is 19.1. The minimum atomic E-state index is -0.253. The summed E-state index contributed by atoms with van der Waals surface area (Å²) >= 11 is 0. The van der Waals surface area contributed by atoms with Gasteiger partial charge in [0.1, 0.15) is 11.9 Å². The zero-order chi connectivity index (χ0) is 17.9. The quantitative estimate of drug-likeness (QED) is 0.197. The van der Waals surface area contributed by atoms with Crippen LogP contribution in [0.3, 0.4) is 0 Å². The minimum Gasteiger partial charge on any atom is -0.462 e. The summed E-state index contributed by atoms with van der Waals surface area (Å²) in [5.74, 6) is 0.244. The second-order valence-electron chi connectivity index (χ2n) is 6.21. The first-order valence-corrected chi connectivity index (χ1v) is 9.14. The molecule has 1 saturated carbocycles. The van der Waals surface area contributed by atoms with Crippen molar-refractivity contribution in [3.05, 3.63) is 35.6 Å². The lowest BCUT2D eigenvalue weighted by Gasteiger charge is -2.13. The van der Waals surface area contributed by atoms with Gasteiger partial charge in [-0.2, -0.15) is 0 Å². The van der Waals surface area contributed by atoms with E-state index in [-0.39, 0.29) is 48.4 Å². The molecule has 0 atom stereocenters. The van der Waals surface area contributed by atoms with Gasteiger partial charge in [0, 0.05) is 25.1 Å². The van der Waals surface area contributed by atoms with E-state index in [0.29, 0.717) is 37.5 Å². The van der Waals surface area contributed by atoms with Crippen molar-refractivity contribution >= 4 is 35.9 Å². The number of nitrogens with zero attached hydrogens (tertiary/aromatic N) is 1. The molecule has 0 saturated heterocycles. The Morgan fingerprint density at radius 3 is 2.69 bits per heavy atom. The third kappa shape index (κ3) is 8.33. The molecule has 0 aliphatic heterocycles. The monoisotopic (exact) mass is 477 g/mol. The Bertz CT molecular complexity index is 578. The van der Waals surface area contributed by atoms with Crippen molar-refractivity contribution in [3.8, 4) is 0 Å². The molecule has 0 aromatic heterocycles. The first-order valence-electron chi connectivity index (χ1n) is 9.14. The van der Waals surface area contributed by atoms with Crippen molar-refractivity contribution < 1.29 is 13.9 Å². The fourth-order valence-electron chi connectivity index (χ4n) is 2.82. The smallest absolute Gasteiger partial charge is 0.306 e. The van der Waals surface area contributed by atoms with E-state index in [1.807, 2.05) is 6.92 Å². The van der Waals surface area contributed by atoms with Gasteiger partial charge in [-0.25, -0.2) is 9.38 Å². The number of benzene rings is 1. The molecule has 0 heterocycles. The highest BCUT2D eigenvalue weighted by Gasteiger charge is 2.18. The Hall–Kier alpha value is -1.38. The molecule has 0 bridgehead atoms. The second kappa shape index (κ2) is 12.9. The van der Waals surface area contributed by atoms with Gasteiger partial charge in [-0.1, -0.05) is 18.2 Å². The number of guanidine groups is 1. The number of nitrogens with one attached hydrogen (secondary N) is 2. The summed E-state index contributed by atoms with van der Waals surface area (Å²) in [5.41, 5.74) is 0.555. The number of halogens is 2. The summed E-state index contributed by atoms with van der Waals surface area (Å²) in [6.07, 6.45) is 5.51. The highest BCUT2D eigenvalue weighted by molar-refractivity contribution is 14.0. The molecule has 7 heteroatoms. The van der Waals surface area contributed by atoms with E-state index in [2.05, 4.69) is 15.6 Å². The molecule has 0 unspecified atom stereocenters. The molecular weight excluding hydrogens is 448 g/mol. The van der Waals surface area contributed by atoms with E-state index in [0.717, 1.165) is 25.7 Å². The maximum Gasteiger partial charge on any atom is 0.306 e. The summed E-state index contributed by atoms with van der Waals surface area (Å²) in [6, 6.07) is 6.61. The van der Waals surface area contributed by atoms with E-state index in [1.165, 1.54) is 6.07 Å². The molecule has 2 N–H and O–H groups in total. The van der Waals surface area contributed by atoms with Crippen LogP contribution in [0.5, 0.6) is 0 Å². The van der Waals surface area contributed by atoms with Gasteiger partial charge in [0.15, 0.2) is 5.96 Å². The topological polar surface area (TPSA) is 62.7 Å². The second-order valence-corrected chi connectivity index (χ2v) is 6.21. The molecule has 26 heavy (non-hydrogen) atoms. The Morgan fingerprint density at radius 2 is 2.00 bits per heavy atom. The Labute approximate surface area is 172 Å². The molecule has 0 spiro atoms. The highest BCUT2D eigenvalue weighted by atomic mass is 127. The lowest BCUT2D eigenvalue weighted by molar-refractivity contribution is -0.148. The van der Waals surface area contributed by atoms with Crippen LogP contribution in [0.15, 0.2) is 29.3 Å². The van der Waals surface area contributed by atoms with Crippen LogP contribution in [-0.4, -0.2) is 31.1 Å². The number of rotatable bonds is 8. The summed E-state index contributed by atoms with van der Waals surface area (Å²) in [4.78, 5) is 16.2. The maximum atomic E-state index is 13.6. The van der Waals surface area contributed by atoms with Crippen LogP contribution in [0.25, 0.3) is 0 Å². The van der Waals surface area contributed by atoms with E-state index in [4.69, 9.17) is 4.74 Å². The molecular formula is C19H29FIN3O2. The zero-order valence-electron chi connectivity index (χ0n) is 15.3. The number of esters is 1. The van der Waals surface area contributed by atoms with Crippen LogP contribution in [0.4, 0.5) is 4.39 Å². The van der Waals surface area contributed by atoms with Crippen molar-refractivity contribution in [2.45, 2.75) is 58.1 Å². The lowest BCUT2D eigenvalue weighted by atomic mass is 10.2. The first-order chi connectivity index (χ1) is 12.2. The zero-order valence-corrected chi connectivity index (χ0v) is 17.6. The summed E-state index contributed by atoms with van der Waals surface area (Å²) in [7, 11) is 0. The van der Waals surface area contributed by atoms with Crippen molar-refractivity contribution in [2.24, 2.45) is 4.99 Å². The van der Waals surface area contributed by atoms with Gasteiger partial charge in [0.2, 0.25) is 0 Å². The standard InChI is InChI=1S/C19H28FN3O2.HI/c1-2-21-19(23-14-15-8-3-6-11-17(15)20)22-13-7-12-18(24)25-16-9-4-5-10-16;/h3,6,8,11,16H,2,4-5,7,9-10,12-14H2,1H3,(H2,21,22,23);1H. The van der Waals surface area contributed by atoms with Crippen molar-refractivity contribution in [3.63, 3.8) is 0 Å². The van der Waals surface area contributed by atoms with Gasteiger partial charge in [0.25, 0.3) is 0 Å². The molecule has 0 radical (unpaired) electrons. The first kappa shape index (κ1) is 22.7. The maximum absolute atomic E-state index is 13.6. The SMILES string of the molecule is CCNC(=NCc1ccccc1F)NCCCC(=O)OC1CCCC1.I. The Balaban J connectivity index is 0.00000338. The average Bonchev–Trinajstić information content (AvgIpc) is 3.10. The van der Waals surface area contributed by atoms with Gasteiger partial charge < -0.3 is 15.4 Å². The van der Waals surface area contributed by atoms with E-state index >= 15 is 0 Å². The van der Waals surface area contributed by atoms with Gasteiger partial charge in [-0.3, -0.25) is 4.79 Å². The van der Waals surface area contributed by atoms with Gasteiger partial charge in [0.05, 0.1) is 6.54 Å². The predicted molar refractivity (Wildman–Crippen MR) is 112 cm³/mol. The Kier molecular flexibility index (Phi) is 11.2. The van der Waals surface area contributed by atoms with Crippen LogP contribution in [0, 0.1) is 5.82 Å². The fourth-order valence-corrected chi connectivity index (χ4v) is 2.82. The minimum absolute atomic E-state index is 0. The molecule has 1 aromatic rings. The average molecular weight is 477 g/mol. The fraction of sp³-hybridized carbons (Fsp3) is 0.579. The predicted octanol–water partition coefficient (Wildman–Crippen LogP) is 3.76. The van der Waals surface area contributed by atoms with Gasteiger partial charge in [-0.05, 0) is 45.1 Å². The van der Waals surface area contributed by atoms with Crippen LogP contribution < -0.4 is 10.6 Å². The Morgan fingerprint density at radius 1 is 1.27 bits per heavy atom. The van der Waals surface area contributed by atoms with Crippen molar-refractivity contribution in [1.29, 1.82) is 0 Å². The van der Waals surface area contributed by atoms with Crippen LogP contribution in [-0.2, 0) is 16.1 Å². The van der Waals surface area contributed by atoms with Crippen molar-refractivity contribution in [1.82, 2.24) is 10.6 Å². The molecule has 0 amide bonds. The number of hydrogen-bond acceptors (Lipinski definition) is 3. The number of aliphatic imine (C=N–C) groups is 1. The summed E-state index contributed by atoms with van der Waals surface area (Å²) in [6.45, 7) is 3.57. The number of ether oxygens (including phenoxy) is 1. The molecule has 146 valence electrons. The molecule has 1 aliphatic rings. The van der Waals surface area contributed by atoms with Crippen molar-refractivity contribution in [2.75, 3.05) is 13.1 Å². The van der Waals surface area contributed by atoms with E-state index in [1.54, 1.807) is 18.2 Å². The molecule has 2 rings (SSSR count). The largest absolute Gasteiger partial charge is 0.462 e. The molecule has 1 aliphatic carbocycles. The lowest BCUT2D eigenvalue weighted by Crippen LogP contribution is -2.38. The number of hydrogen-bond donors (Lipinski definition) is 2. The number of carbonyl (C=O) groups is 1. The van der Waals surface area contributed by atoms with Crippen LogP contribution >= 0.6 is 24.0 Å². The normalized spacial score (nSPS) is 14.6. The van der Waals surface area contributed by atoms with E-state index < -0.39 is 0 Å². The summed E-state index contributed by atoms with van der Waals surface area (Å²) in [5, 5.41) is 6.29. The molecule has 1 aromatic carbocycles. The van der Waals surface area contributed by atoms with Gasteiger partial charge in [-0.15, -0.1) is 24.0 Å².